The van der Waals surface area contributed by atoms with E-state index in [0.29, 0.717) is 10.7 Å². The van der Waals surface area contributed by atoms with Crippen LogP contribution in [-0.2, 0) is 4.79 Å². The summed E-state index contributed by atoms with van der Waals surface area (Å²) in [6.45, 7) is 3.64. The van der Waals surface area contributed by atoms with Crippen LogP contribution >= 0.6 is 11.6 Å². The Morgan fingerprint density at radius 1 is 1.32 bits per heavy atom. The van der Waals surface area contributed by atoms with Crippen LogP contribution in [0.5, 0.6) is 0 Å². The van der Waals surface area contributed by atoms with Gasteiger partial charge < -0.3 is 15.7 Å². The number of carboxylic acids is 1. The molecule has 0 radical (unpaired) electrons. The Morgan fingerprint density at radius 3 is 2.47 bits per heavy atom. The number of aliphatic carboxylic acids is 1. The van der Waals surface area contributed by atoms with Crippen molar-refractivity contribution in [3.05, 3.63) is 47.5 Å². The first-order valence-corrected chi connectivity index (χ1v) is 5.74. The molecule has 0 bridgehead atoms. The van der Waals surface area contributed by atoms with Crippen molar-refractivity contribution < 1.29 is 14.7 Å². The van der Waals surface area contributed by atoms with Gasteiger partial charge in [0.05, 0.1) is 6.54 Å². The largest absolute Gasteiger partial charge is 0.478 e. The Kier molecular flexibility index (Phi) is 5.63. The van der Waals surface area contributed by atoms with E-state index in [2.05, 4.69) is 17.2 Å². The van der Waals surface area contributed by atoms with Crippen molar-refractivity contribution in [2.45, 2.75) is 0 Å². The summed E-state index contributed by atoms with van der Waals surface area (Å²) < 4.78 is 0. The maximum atomic E-state index is 11.4. The summed E-state index contributed by atoms with van der Waals surface area (Å²) in [5, 5.41) is 13.9. The average molecular weight is 281 g/mol. The summed E-state index contributed by atoms with van der Waals surface area (Å²) in [6, 6.07) is 6.31. The van der Waals surface area contributed by atoms with E-state index in [-0.39, 0.29) is 6.54 Å². The lowest BCUT2D eigenvalue weighted by Gasteiger charge is -2.06. The maximum Gasteiger partial charge on any atom is 0.328 e. The summed E-state index contributed by atoms with van der Waals surface area (Å²) in [5.41, 5.74) is 1.31. The van der Waals surface area contributed by atoms with Gasteiger partial charge in [0.1, 0.15) is 0 Å². The van der Waals surface area contributed by atoms with Gasteiger partial charge >= 0.3 is 12.0 Å². The van der Waals surface area contributed by atoms with E-state index >= 15 is 0 Å². The number of hydrogen-bond donors (Lipinski definition) is 3. The van der Waals surface area contributed by atoms with Crippen LogP contribution in [0.4, 0.5) is 10.5 Å². The predicted octanol–water partition coefficient (Wildman–Crippen LogP) is 2.66. The highest BCUT2D eigenvalue weighted by Gasteiger charge is 2.01. The summed E-state index contributed by atoms with van der Waals surface area (Å²) in [4.78, 5) is 21.7. The molecule has 5 nitrogen and oxygen atoms in total. The van der Waals surface area contributed by atoms with Gasteiger partial charge in [-0.15, -0.1) is 0 Å². The highest BCUT2D eigenvalue weighted by atomic mass is 35.5. The lowest BCUT2D eigenvalue weighted by Crippen LogP contribution is -2.29. The first-order chi connectivity index (χ1) is 8.97. The number of hydrogen-bond acceptors (Lipinski definition) is 2. The number of benzene rings is 1. The number of carbonyl (C=O) groups excluding carboxylic acids is 1. The molecule has 0 spiro atoms. The van der Waals surface area contributed by atoms with Gasteiger partial charge in [-0.05, 0) is 23.8 Å². The smallest absolute Gasteiger partial charge is 0.328 e. The van der Waals surface area contributed by atoms with Crippen LogP contribution in [0, 0.1) is 0 Å². The lowest BCUT2D eigenvalue weighted by atomic mass is 10.2. The van der Waals surface area contributed by atoms with E-state index in [1.54, 1.807) is 24.3 Å². The standard InChI is InChI=1S/C13H13ClN2O3/c1-9(14)8-15-13(19)16-11-5-2-10(3-6-11)4-7-12(17)18/h2-7H,1,8H2,(H,17,18)(H2,15,16,19)/b7-4+. The van der Waals surface area contributed by atoms with E-state index in [1.807, 2.05) is 0 Å². The normalized spacial score (nSPS) is 10.2. The van der Waals surface area contributed by atoms with Gasteiger partial charge in [0.2, 0.25) is 0 Å². The molecule has 0 aliphatic heterocycles. The number of nitrogens with one attached hydrogen (secondary N) is 2. The third-order valence-electron chi connectivity index (χ3n) is 2.03. The fraction of sp³-hybridized carbons (Fsp3) is 0.0769. The molecule has 100 valence electrons. The number of urea groups is 1. The Labute approximate surface area is 115 Å². The van der Waals surface area contributed by atoms with Crippen molar-refractivity contribution in [2.75, 3.05) is 11.9 Å². The van der Waals surface area contributed by atoms with E-state index in [0.717, 1.165) is 11.6 Å². The molecule has 0 aromatic heterocycles. The van der Waals surface area contributed by atoms with E-state index in [9.17, 15) is 9.59 Å². The van der Waals surface area contributed by atoms with Crippen molar-refractivity contribution in [1.82, 2.24) is 5.32 Å². The van der Waals surface area contributed by atoms with E-state index in [4.69, 9.17) is 16.7 Å². The minimum absolute atomic E-state index is 0.187. The molecule has 0 aliphatic rings. The Balaban J connectivity index is 2.54. The number of anilines is 1. The predicted molar refractivity (Wildman–Crippen MR) is 75.1 cm³/mol. The first-order valence-electron chi connectivity index (χ1n) is 5.36. The fourth-order valence-corrected chi connectivity index (χ4v) is 1.26. The average Bonchev–Trinajstić information content (AvgIpc) is 2.35. The molecule has 0 saturated heterocycles. The zero-order chi connectivity index (χ0) is 14.3. The number of carboxylic acid groups (broad SMARTS) is 1. The third-order valence-corrected chi connectivity index (χ3v) is 2.16. The van der Waals surface area contributed by atoms with Crippen molar-refractivity contribution in [3.63, 3.8) is 0 Å². The molecule has 1 aromatic rings. The number of rotatable bonds is 5. The highest BCUT2D eigenvalue weighted by molar-refractivity contribution is 6.29. The quantitative estimate of drug-likeness (QED) is 0.726. The monoisotopic (exact) mass is 280 g/mol. The molecule has 0 fully saturated rings. The highest BCUT2D eigenvalue weighted by Crippen LogP contribution is 2.10. The SMILES string of the molecule is C=C(Cl)CNC(=O)Nc1ccc(/C=C/C(=O)O)cc1. The van der Waals surface area contributed by atoms with Crippen LogP contribution in [0.15, 0.2) is 42.0 Å². The second-order valence-electron chi connectivity index (χ2n) is 3.62. The molecule has 0 unspecified atom stereocenters. The van der Waals surface area contributed by atoms with Crippen molar-refractivity contribution in [2.24, 2.45) is 0 Å². The Morgan fingerprint density at radius 2 is 1.95 bits per heavy atom. The number of amides is 2. The van der Waals surface area contributed by atoms with Gasteiger partial charge in [-0.1, -0.05) is 30.3 Å². The molecular formula is C13H13ClN2O3. The summed E-state index contributed by atoms with van der Waals surface area (Å²) in [7, 11) is 0. The zero-order valence-electron chi connectivity index (χ0n) is 10.0. The van der Waals surface area contributed by atoms with Crippen LogP contribution in [0.3, 0.4) is 0 Å². The van der Waals surface area contributed by atoms with Crippen LogP contribution in [0.1, 0.15) is 5.56 Å². The van der Waals surface area contributed by atoms with E-state index < -0.39 is 12.0 Å². The summed E-state index contributed by atoms with van der Waals surface area (Å²) >= 11 is 5.51. The van der Waals surface area contributed by atoms with Crippen LogP contribution < -0.4 is 10.6 Å². The van der Waals surface area contributed by atoms with Crippen LogP contribution in [0.25, 0.3) is 6.08 Å². The topological polar surface area (TPSA) is 78.4 Å². The molecule has 1 rings (SSSR count). The summed E-state index contributed by atoms with van der Waals surface area (Å²) in [6.07, 6.45) is 2.50. The molecule has 0 saturated carbocycles. The molecular weight excluding hydrogens is 268 g/mol. The second kappa shape index (κ2) is 7.23. The zero-order valence-corrected chi connectivity index (χ0v) is 10.8. The molecule has 2 amide bonds. The van der Waals surface area contributed by atoms with Gasteiger partial charge in [0, 0.05) is 16.8 Å². The van der Waals surface area contributed by atoms with Gasteiger partial charge in [-0.3, -0.25) is 0 Å². The molecule has 0 atom stereocenters. The summed E-state index contributed by atoms with van der Waals surface area (Å²) in [5.74, 6) is -1.01. The molecule has 0 heterocycles. The minimum atomic E-state index is -1.01. The molecule has 19 heavy (non-hydrogen) atoms. The molecule has 1 aromatic carbocycles. The Hall–Kier alpha value is -2.27. The number of halogens is 1. The van der Waals surface area contributed by atoms with Gasteiger partial charge in [0.25, 0.3) is 0 Å². The number of carbonyl (C=O) groups is 2. The van der Waals surface area contributed by atoms with Crippen molar-refractivity contribution >= 4 is 35.4 Å². The van der Waals surface area contributed by atoms with Crippen LogP contribution in [-0.4, -0.2) is 23.7 Å². The minimum Gasteiger partial charge on any atom is -0.478 e. The third kappa shape index (κ3) is 6.28. The fourth-order valence-electron chi connectivity index (χ4n) is 1.20. The van der Waals surface area contributed by atoms with Crippen LogP contribution in [0.2, 0.25) is 0 Å². The second-order valence-corrected chi connectivity index (χ2v) is 4.15. The van der Waals surface area contributed by atoms with Crippen molar-refractivity contribution in [1.29, 1.82) is 0 Å². The maximum absolute atomic E-state index is 11.4. The lowest BCUT2D eigenvalue weighted by molar-refractivity contribution is -0.131. The Bertz CT molecular complexity index is 509. The van der Waals surface area contributed by atoms with E-state index in [1.165, 1.54) is 6.08 Å². The van der Waals surface area contributed by atoms with Crippen molar-refractivity contribution in [3.8, 4) is 0 Å². The molecule has 6 heteroatoms. The van der Waals surface area contributed by atoms with Gasteiger partial charge in [0.15, 0.2) is 0 Å². The van der Waals surface area contributed by atoms with Gasteiger partial charge in [-0.2, -0.15) is 0 Å². The molecule has 0 aliphatic carbocycles. The first kappa shape index (κ1) is 14.8. The molecule has 3 N–H and O–H groups in total. The van der Waals surface area contributed by atoms with Gasteiger partial charge in [-0.25, -0.2) is 9.59 Å².